The first-order chi connectivity index (χ1) is 8.76. The minimum atomic E-state index is 0.579. The van der Waals surface area contributed by atoms with Gasteiger partial charge in [0.2, 0.25) is 5.89 Å². The monoisotopic (exact) mass is 259 g/mol. The number of benzene rings is 2. The molecule has 0 radical (unpaired) electrons. The van der Waals surface area contributed by atoms with E-state index in [0.717, 1.165) is 16.8 Å². The van der Waals surface area contributed by atoms with E-state index in [1.807, 2.05) is 30.3 Å². The zero-order valence-corrected chi connectivity index (χ0v) is 10.4. The fraction of sp³-hybridized carbons (Fsp3) is 0.0714. The molecule has 3 rings (SSSR count). The molecule has 2 aromatic carbocycles. The summed E-state index contributed by atoms with van der Waals surface area (Å²) in [6.07, 6.45) is 0. The predicted octanol–water partition coefficient (Wildman–Crippen LogP) is 4.16. The highest BCUT2D eigenvalue weighted by Crippen LogP contribution is 2.27. The van der Waals surface area contributed by atoms with Crippen LogP contribution in [0.2, 0.25) is 5.02 Å². The molecule has 0 aliphatic carbocycles. The Hall–Kier alpha value is -2.00. The predicted molar refractivity (Wildman–Crippen MR) is 71.0 cm³/mol. The number of rotatable bonds is 2. The van der Waals surface area contributed by atoms with Crippen LogP contribution in [-0.4, -0.2) is 12.1 Å². The quantitative estimate of drug-likeness (QED) is 0.693. The lowest BCUT2D eigenvalue weighted by Gasteiger charge is -1.99. The number of nitrogens with zero attached hydrogens (tertiary/aromatic N) is 1. The van der Waals surface area contributed by atoms with Crippen molar-refractivity contribution in [1.82, 2.24) is 4.98 Å². The lowest BCUT2D eigenvalue weighted by Crippen LogP contribution is -1.82. The fourth-order valence-electron chi connectivity index (χ4n) is 1.76. The molecule has 0 atom stereocenters. The molecule has 0 fully saturated rings. The maximum atomic E-state index is 5.91. The van der Waals surface area contributed by atoms with Gasteiger partial charge in [-0.05, 0) is 36.4 Å². The summed E-state index contributed by atoms with van der Waals surface area (Å²) in [5, 5.41) is 0.639. The molecule has 18 heavy (non-hydrogen) atoms. The van der Waals surface area contributed by atoms with Gasteiger partial charge in [0.1, 0.15) is 11.3 Å². The molecule has 0 spiro atoms. The molecule has 1 heterocycles. The van der Waals surface area contributed by atoms with Crippen LogP contribution in [0.1, 0.15) is 0 Å². The first kappa shape index (κ1) is 11.1. The van der Waals surface area contributed by atoms with E-state index in [1.54, 1.807) is 19.2 Å². The highest BCUT2D eigenvalue weighted by atomic mass is 35.5. The van der Waals surface area contributed by atoms with E-state index in [-0.39, 0.29) is 0 Å². The van der Waals surface area contributed by atoms with Crippen molar-refractivity contribution in [2.75, 3.05) is 7.11 Å². The van der Waals surface area contributed by atoms with Gasteiger partial charge in [-0.25, -0.2) is 4.98 Å². The Kier molecular flexibility index (Phi) is 2.68. The van der Waals surface area contributed by atoms with Crippen LogP contribution < -0.4 is 4.74 Å². The highest BCUT2D eigenvalue weighted by Gasteiger charge is 2.08. The van der Waals surface area contributed by atoms with Gasteiger partial charge in [0.05, 0.1) is 7.11 Å². The summed E-state index contributed by atoms with van der Waals surface area (Å²) in [6, 6.07) is 13.0. The molecule has 1 aromatic heterocycles. The van der Waals surface area contributed by atoms with Crippen LogP contribution >= 0.6 is 11.6 Å². The molecule has 0 bridgehead atoms. The van der Waals surface area contributed by atoms with Gasteiger partial charge in [-0.2, -0.15) is 0 Å². The van der Waals surface area contributed by atoms with E-state index < -0.39 is 0 Å². The van der Waals surface area contributed by atoms with Crippen molar-refractivity contribution < 1.29 is 9.15 Å². The summed E-state index contributed by atoms with van der Waals surface area (Å²) < 4.78 is 10.8. The molecule has 0 aliphatic rings. The third kappa shape index (κ3) is 1.93. The molecule has 0 saturated heterocycles. The lowest BCUT2D eigenvalue weighted by atomic mass is 10.2. The summed E-state index contributed by atoms with van der Waals surface area (Å²) in [6.45, 7) is 0. The molecule has 0 N–H and O–H groups in total. The van der Waals surface area contributed by atoms with Crippen LogP contribution in [0.15, 0.2) is 46.9 Å². The van der Waals surface area contributed by atoms with Gasteiger partial charge in [-0.3, -0.25) is 0 Å². The van der Waals surface area contributed by atoms with Crippen molar-refractivity contribution >= 4 is 22.7 Å². The largest absolute Gasteiger partial charge is 0.497 e. The molecule has 4 heteroatoms. The number of oxazole rings is 1. The number of methoxy groups -OCH3 is 1. The van der Waals surface area contributed by atoms with Crippen LogP contribution in [0.4, 0.5) is 0 Å². The summed E-state index contributed by atoms with van der Waals surface area (Å²) in [4.78, 5) is 4.41. The third-order valence-corrected chi connectivity index (χ3v) is 2.92. The Morgan fingerprint density at radius 3 is 2.61 bits per heavy atom. The molecule has 3 nitrogen and oxygen atoms in total. The smallest absolute Gasteiger partial charge is 0.227 e. The average Bonchev–Trinajstić information content (AvgIpc) is 2.81. The summed E-state index contributed by atoms with van der Waals surface area (Å²) >= 11 is 5.91. The summed E-state index contributed by atoms with van der Waals surface area (Å²) in [7, 11) is 1.64. The van der Waals surface area contributed by atoms with Gasteiger partial charge in [0.25, 0.3) is 0 Å². The normalized spacial score (nSPS) is 10.8. The van der Waals surface area contributed by atoms with Gasteiger partial charge in [0.15, 0.2) is 5.58 Å². The Labute approximate surface area is 109 Å². The second-order valence-electron chi connectivity index (χ2n) is 3.86. The first-order valence-corrected chi connectivity index (χ1v) is 5.84. The fourth-order valence-corrected chi connectivity index (χ4v) is 1.92. The maximum Gasteiger partial charge on any atom is 0.227 e. The standard InChI is InChI=1S/C14H10ClNO2/c1-17-11-5-2-9(3-6-11)14-16-12-7-4-10(15)8-13(12)18-14/h2-8H,1H3. The number of hydrogen-bond donors (Lipinski definition) is 0. The molecule has 0 amide bonds. The van der Waals surface area contributed by atoms with Gasteiger partial charge in [-0.15, -0.1) is 0 Å². The molecular weight excluding hydrogens is 250 g/mol. The second kappa shape index (κ2) is 4.35. The summed E-state index contributed by atoms with van der Waals surface area (Å²) in [5.41, 5.74) is 2.39. The van der Waals surface area contributed by atoms with Crippen molar-refractivity contribution in [3.05, 3.63) is 47.5 Å². The number of halogens is 1. The van der Waals surface area contributed by atoms with E-state index >= 15 is 0 Å². The minimum Gasteiger partial charge on any atom is -0.497 e. The topological polar surface area (TPSA) is 35.3 Å². The van der Waals surface area contributed by atoms with E-state index in [1.165, 1.54) is 0 Å². The van der Waals surface area contributed by atoms with Crippen molar-refractivity contribution in [3.8, 4) is 17.2 Å². The van der Waals surface area contributed by atoms with Crippen molar-refractivity contribution in [3.63, 3.8) is 0 Å². The van der Waals surface area contributed by atoms with E-state index in [4.69, 9.17) is 20.8 Å². The SMILES string of the molecule is COc1ccc(-c2nc3ccc(Cl)cc3o2)cc1. The molecule has 3 aromatic rings. The molecular formula is C14H10ClNO2. The molecule has 90 valence electrons. The number of fused-ring (bicyclic) bond motifs is 1. The molecule has 0 saturated carbocycles. The van der Waals surface area contributed by atoms with Crippen LogP contribution in [0.3, 0.4) is 0 Å². The van der Waals surface area contributed by atoms with E-state index in [2.05, 4.69) is 4.98 Å². The van der Waals surface area contributed by atoms with Crippen LogP contribution in [0, 0.1) is 0 Å². The zero-order valence-electron chi connectivity index (χ0n) is 9.68. The average molecular weight is 260 g/mol. The number of aromatic nitrogens is 1. The maximum absolute atomic E-state index is 5.91. The van der Waals surface area contributed by atoms with Crippen LogP contribution in [-0.2, 0) is 0 Å². The lowest BCUT2D eigenvalue weighted by molar-refractivity contribution is 0.415. The third-order valence-electron chi connectivity index (χ3n) is 2.69. The first-order valence-electron chi connectivity index (χ1n) is 5.47. The van der Waals surface area contributed by atoms with E-state index in [9.17, 15) is 0 Å². The highest BCUT2D eigenvalue weighted by molar-refractivity contribution is 6.31. The zero-order chi connectivity index (χ0) is 12.5. The molecule has 0 aliphatic heterocycles. The van der Waals surface area contributed by atoms with Gasteiger partial charge < -0.3 is 9.15 Å². The van der Waals surface area contributed by atoms with Gasteiger partial charge in [-0.1, -0.05) is 11.6 Å². The van der Waals surface area contributed by atoms with Gasteiger partial charge in [0, 0.05) is 16.7 Å². The Morgan fingerprint density at radius 1 is 1.11 bits per heavy atom. The Morgan fingerprint density at radius 2 is 1.89 bits per heavy atom. The van der Waals surface area contributed by atoms with Crippen LogP contribution in [0.25, 0.3) is 22.6 Å². The van der Waals surface area contributed by atoms with E-state index in [0.29, 0.717) is 16.5 Å². The molecule has 0 unspecified atom stereocenters. The second-order valence-corrected chi connectivity index (χ2v) is 4.30. The number of hydrogen-bond acceptors (Lipinski definition) is 3. The summed E-state index contributed by atoms with van der Waals surface area (Å²) in [5.74, 6) is 1.38. The van der Waals surface area contributed by atoms with Gasteiger partial charge >= 0.3 is 0 Å². The number of ether oxygens (including phenoxy) is 1. The van der Waals surface area contributed by atoms with Crippen LogP contribution in [0.5, 0.6) is 5.75 Å². The minimum absolute atomic E-state index is 0.579. The Bertz CT molecular complexity index is 689. The van der Waals surface area contributed by atoms with Crippen molar-refractivity contribution in [2.24, 2.45) is 0 Å². The Balaban J connectivity index is 2.07. The van der Waals surface area contributed by atoms with Crippen molar-refractivity contribution in [1.29, 1.82) is 0 Å². The van der Waals surface area contributed by atoms with Crippen molar-refractivity contribution in [2.45, 2.75) is 0 Å².